The Hall–Kier alpha value is -0.200. The van der Waals surface area contributed by atoms with Crippen LogP contribution in [0.15, 0.2) is 28.9 Å². The lowest BCUT2D eigenvalue weighted by Gasteiger charge is -2.04. The van der Waals surface area contributed by atoms with E-state index in [1.807, 2.05) is 25.1 Å². The Labute approximate surface area is 121 Å². The van der Waals surface area contributed by atoms with E-state index < -0.39 is 0 Å². The molecule has 5 heteroatoms. The van der Waals surface area contributed by atoms with Crippen LogP contribution in [-0.2, 0) is 0 Å². The van der Waals surface area contributed by atoms with Gasteiger partial charge in [-0.2, -0.15) is 0 Å². The number of benzene rings is 1. The van der Waals surface area contributed by atoms with Gasteiger partial charge in [0.25, 0.3) is 0 Å². The number of halogens is 3. The van der Waals surface area contributed by atoms with Crippen LogP contribution in [0.4, 0.5) is 0 Å². The summed E-state index contributed by atoms with van der Waals surface area (Å²) >= 11 is 11.6. The summed E-state index contributed by atoms with van der Waals surface area (Å²) in [6, 6.07) is 6.00. The molecule has 0 saturated heterocycles. The van der Waals surface area contributed by atoms with Crippen LogP contribution in [0.5, 0.6) is 0 Å². The van der Waals surface area contributed by atoms with Crippen LogP contribution in [0.3, 0.4) is 0 Å². The maximum atomic E-state index is 5.96. The van der Waals surface area contributed by atoms with Crippen molar-refractivity contribution in [2.75, 3.05) is 0 Å². The highest BCUT2D eigenvalue weighted by molar-refractivity contribution is 14.1. The molecule has 0 atom stereocenters. The van der Waals surface area contributed by atoms with E-state index in [2.05, 4.69) is 48.5 Å². The Kier molecular flexibility index (Phi) is 3.81. The fourth-order valence-electron chi connectivity index (χ4n) is 1.22. The Morgan fingerprint density at radius 3 is 2.75 bits per heavy atom. The van der Waals surface area contributed by atoms with Crippen molar-refractivity contribution < 1.29 is 0 Å². The average Bonchev–Trinajstić information content (AvgIpc) is 2.26. The minimum absolute atomic E-state index is 0.488. The molecule has 0 N–H and O–H groups in total. The fourth-order valence-corrected chi connectivity index (χ4v) is 1.98. The lowest BCUT2D eigenvalue weighted by Crippen LogP contribution is -1.91. The number of aryl methyl sites for hydroxylation is 1. The van der Waals surface area contributed by atoms with E-state index in [0.717, 1.165) is 13.6 Å². The molecular weight excluding hydrogens is 402 g/mol. The average molecular weight is 409 g/mol. The molecule has 82 valence electrons. The Bertz CT molecular complexity index is 496. The number of hydrogen-bond donors (Lipinski definition) is 0. The van der Waals surface area contributed by atoms with Crippen molar-refractivity contribution in [1.82, 2.24) is 9.97 Å². The molecule has 0 aliphatic carbocycles. The monoisotopic (exact) mass is 408 g/mol. The molecular formula is C11H7BrClIN2. The zero-order valence-corrected chi connectivity index (χ0v) is 12.8. The summed E-state index contributed by atoms with van der Waals surface area (Å²) in [7, 11) is 0. The highest BCUT2D eigenvalue weighted by atomic mass is 127. The number of aromatic nitrogens is 2. The Balaban J connectivity index is 2.50. The molecule has 0 aliphatic rings. The van der Waals surface area contributed by atoms with Crippen molar-refractivity contribution in [2.45, 2.75) is 6.92 Å². The summed E-state index contributed by atoms with van der Waals surface area (Å²) in [6.45, 7) is 2.04. The predicted molar refractivity (Wildman–Crippen MR) is 77.6 cm³/mol. The Morgan fingerprint density at radius 1 is 1.38 bits per heavy atom. The van der Waals surface area contributed by atoms with E-state index in [9.17, 15) is 0 Å². The van der Waals surface area contributed by atoms with E-state index in [1.54, 1.807) is 6.20 Å². The summed E-state index contributed by atoms with van der Waals surface area (Å²) in [5.41, 5.74) is 2.14. The molecule has 1 aromatic heterocycles. The third-order valence-electron chi connectivity index (χ3n) is 2.13. The maximum Gasteiger partial charge on any atom is 0.160 e. The normalized spacial score (nSPS) is 10.5. The molecule has 1 aromatic carbocycles. The highest BCUT2D eigenvalue weighted by Crippen LogP contribution is 2.25. The van der Waals surface area contributed by atoms with Crippen molar-refractivity contribution in [3.05, 3.63) is 43.2 Å². The maximum absolute atomic E-state index is 5.96. The van der Waals surface area contributed by atoms with Gasteiger partial charge in [-0.25, -0.2) is 9.97 Å². The van der Waals surface area contributed by atoms with Gasteiger partial charge in [-0.1, -0.05) is 39.7 Å². The lowest BCUT2D eigenvalue weighted by atomic mass is 10.1. The fraction of sp³-hybridized carbons (Fsp3) is 0.0909. The molecule has 0 spiro atoms. The van der Waals surface area contributed by atoms with Crippen LogP contribution < -0.4 is 0 Å². The SMILES string of the molecule is Cc1ccc(-c2ncc(I)c(Cl)n2)cc1Br. The number of hydrogen-bond acceptors (Lipinski definition) is 2. The first-order chi connectivity index (χ1) is 7.58. The van der Waals surface area contributed by atoms with Crippen LogP contribution in [-0.4, -0.2) is 9.97 Å². The number of nitrogens with zero attached hydrogens (tertiary/aromatic N) is 2. The van der Waals surface area contributed by atoms with Crippen molar-refractivity contribution in [3.63, 3.8) is 0 Å². The quantitative estimate of drug-likeness (QED) is 0.513. The number of rotatable bonds is 1. The zero-order chi connectivity index (χ0) is 11.7. The molecule has 0 amide bonds. The van der Waals surface area contributed by atoms with Crippen molar-refractivity contribution in [1.29, 1.82) is 0 Å². The lowest BCUT2D eigenvalue weighted by molar-refractivity contribution is 1.16. The summed E-state index contributed by atoms with van der Waals surface area (Å²) in [5.74, 6) is 0.645. The molecule has 16 heavy (non-hydrogen) atoms. The minimum atomic E-state index is 0.488. The molecule has 0 fully saturated rings. The van der Waals surface area contributed by atoms with Gasteiger partial charge in [-0.15, -0.1) is 0 Å². The topological polar surface area (TPSA) is 25.8 Å². The van der Waals surface area contributed by atoms with Gasteiger partial charge in [0, 0.05) is 16.2 Å². The molecule has 2 rings (SSSR count). The van der Waals surface area contributed by atoms with E-state index in [4.69, 9.17) is 11.6 Å². The van der Waals surface area contributed by atoms with Crippen LogP contribution >= 0.6 is 50.1 Å². The first-order valence-corrected chi connectivity index (χ1v) is 6.77. The first-order valence-electron chi connectivity index (χ1n) is 4.52. The minimum Gasteiger partial charge on any atom is -0.235 e. The van der Waals surface area contributed by atoms with Gasteiger partial charge in [0.2, 0.25) is 0 Å². The Morgan fingerprint density at radius 2 is 2.12 bits per heavy atom. The summed E-state index contributed by atoms with van der Waals surface area (Å²) in [6.07, 6.45) is 1.72. The molecule has 0 unspecified atom stereocenters. The van der Waals surface area contributed by atoms with E-state index >= 15 is 0 Å². The molecule has 0 aliphatic heterocycles. The van der Waals surface area contributed by atoms with Crippen LogP contribution in [0, 0.1) is 10.5 Å². The largest absolute Gasteiger partial charge is 0.235 e. The van der Waals surface area contributed by atoms with Gasteiger partial charge < -0.3 is 0 Å². The van der Waals surface area contributed by atoms with Gasteiger partial charge in [0.1, 0.15) is 5.15 Å². The van der Waals surface area contributed by atoms with Gasteiger partial charge in [-0.05, 0) is 41.1 Å². The van der Waals surface area contributed by atoms with Crippen molar-refractivity contribution >= 4 is 50.1 Å². The van der Waals surface area contributed by atoms with Crippen LogP contribution in [0.25, 0.3) is 11.4 Å². The van der Waals surface area contributed by atoms with Crippen LogP contribution in [0.1, 0.15) is 5.56 Å². The summed E-state index contributed by atoms with van der Waals surface area (Å²) < 4.78 is 1.90. The second-order valence-electron chi connectivity index (χ2n) is 3.30. The van der Waals surface area contributed by atoms with E-state index in [1.165, 1.54) is 5.56 Å². The third-order valence-corrected chi connectivity index (χ3v) is 4.38. The van der Waals surface area contributed by atoms with E-state index in [0.29, 0.717) is 11.0 Å². The van der Waals surface area contributed by atoms with Gasteiger partial charge in [0.15, 0.2) is 5.82 Å². The van der Waals surface area contributed by atoms with Crippen molar-refractivity contribution in [3.8, 4) is 11.4 Å². The summed E-state index contributed by atoms with van der Waals surface area (Å²) in [4.78, 5) is 8.50. The van der Waals surface area contributed by atoms with Gasteiger partial charge in [0.05, 0.1) is 3.57 Å². The molecule has 0 bridgehead atoms. The van der Waals surface area contributed by atoms with Gasteiger partial charge in [-0.3, -0.25) is 0 Å². The first kappa shape index (κ1) is 12.3. The molecule has 2 nitrogen and oxygen atoms in total. The summed E-state index contributed by atoms with van der Waals surface area (Å²) in [5, 5.41) is 0.488. The standard InChI is InChI=1S/C11H7BrClIN2/c1-6-2-3-7(4-8(6)12)11-15-5-9(14)10(13)16-11/h2-5H,1H3. The second-order valence-corrected chi connectivity index (χ2v) is 5.67. The third kappa shape index (κ3) is 2.55. The molecule has 0 saturated carbocycles. The molecule has 2 aromatic rings. The van der Waals surface area contributed by atoms with Crippen LogP contribution in [0.2, 0.25) is 5.15 Å². The molecule has 0 radical (unpaired) electrons. The smallest absolute Gasteiger partial charge is 0.160 e. The predicted octanol–water partition coefficient (Wildman–Crippen LogP) is 4.47. The van der Waals surface area contributed by atoms with E-state index in [-0.39, 0.29) is 0 Å². The highest BCUT2D eigenvalue weighted by Gasteiger charge is 2.06. The van der Waals surface area contributed by atoms with Crippen molar-refractivity contribution in [2.24, 2.45) is 0 Å². The second kappa shape index (κ2) is 4.98. The zero-order valence-electron chi connectivity index (χ0n) is 8.34. The molecule has 1 heterocycles. The van der Waals surface area contributed by atoms with Gasteiger partial charge >= 0.3 is 0 Å².